The van der Waals surface area contributed by atoms with Crippen molar-refractivity contribution in [2.24, 2.45) is 5.73 Å². The monoisotopic (exact) mass is 396 g/mol. The first-order valence-corrected chi connectivity index (χ1v) is 7.91. The Balaban J connectivity index is 0.00000261. The van der Waals surface area contributed by atoms with Crippen molar-refractivity contribution in [2.45, 2.75) is 6.54 Å². The van der Waals surface area contributed by atoms with Gasteiger partial charge in [0, 0.05) is 30.2 Å². The van der Waals surface area contributed by atoms with Crippen LogP contribution in [0, 0.1) is 17.0 Å². The molecule has 0 atom stereocenters. The molecule has 1 aromatic heterocycles. The number of aromatic nitrogens is 2. The van der Waals surface area contributed by atoms with Crippen molar-refractivity contribution in [3.63, 3.8) is 0 Å². The first-order chi connectivity index (χ1) is 12.5. The van der Waals surface area contributed by atoms with Gasteiger partial charge in [0.05, 0.1) is 18.7 Å². The first-order valence-electron chi connectivity index (χ1n) is 7.91. The molecule has 0 radical (unpaired) electrons. The summed E-state index contributed by atoms with van der Waals surface area (Å²) < 4.78 is 40.3. The first kappa shape index (κ1) is 20.6. The predicted molar refractivity (Wildman–Crippen MR) is 101 cm³/mol. The lowest BCUT2D eigenvalue weighted by atomic mass is 10.1. The third-order valence-electron chi connectivity index (χ3n) is 3.89. The molecule has 144 valence electrons. The molecule has 0 bridgehead atoms. The lowest BCUT2D eigenvalue weighted by Crippen LogP contribution is -2.14. The zero-order valence-corrected chi connectivity index (χ0v) is 15.4. The van der Waals surface area contributed by atoms with Crippen molar-refractivity contribution in [3.05, 3.63) is 59.3 Å². The summed E-state index contributed by atoms with van der Waals surface area (Å²) in [4.78, 5) is 0. The summed E-state index contributed by atoms with van der Waals surface area (Å²) in [6.45, 7) is 0.377. The number of hydrogen-bond donors (Lipinski definition) is 2. The second-order valence-electron chi connectivity index (χ2n) is 5.64. The molecule has 0 saturated carbocycles. The Hall–Kier alpha value is -2.71. The van der Waals surface area contributed by atoms with Crippen LogP contribution < -0.4 is 10.5 Å². The SMILES string of the molecule is COCCOc1cc(F)c(Cn2nc(C(=N)N)c3ccccc32)c(F)c1.Cl. The van der Waals surface area contributed by atoms with Crippen LogP contribution in [0.3, 0.4) is 0 Å². The number of ether oxygens (including phenoxy) is 2. The average Bonchev–Trinajstić information content (AvgIpc) is 2.97. The Morgan fingerprint density at radius 2 is 1.85 bits per heavy atom. The summed E-state index contributed by atoms with van der Waals surface area (Å²) >= 11 is 0. The van der Waals surface area contributed by atoms with E-state index in [2.05, 4.69) is 5.10 Å². The van der Waals surface area contributed by atoms with Gasteiger partial charge in [-0.2, -0.15) is 5.10 Å². The summed E-state index contributed by atoms with van der Waals surface area (Å²) in [6, 6.07) is 9.34. The van der Waals surface area contributed by atoms with Gasteiger partial charge in [-0.1, -0.05) is 18.2 Å². The molecule has 0 aliphatic carbocycles. The molecule has 0 unspecified atom stereocenters. The van der Waals surface area contributed by atoms with E-state index in [9.17, 15) is 8.78 Å². The van der Waals surface area contributed by atoms with Crippen LogP contribution in [0.4, 0.5) is 8.78 Å². The lowest BCUT2D eigenvalue weighted by molar-refractivity contribution is 0.146. The molecule has 3 N–H and O–H groups in total. The van der Waals surface area contributed by atoms with Gasteiger partial charge in [-0.25, -0.2) is 8.78 Å². The smallest absolute Gasteiger partial charge is 0.144 e. The molecule has 1 heterocycles. The van der Waals surface area contributed by atoms with Crippen LogP contribution in [0.2, 0.25) is 0 Å². The van der Waals surface area contributed by atoms with Crippen LogP contribution in [0.25, 0.3) is 10.9 Å². The Morgan fingerprint density at radius 3 is 2.48 bits per heavy atom. The van der Waals surface area contributed by atoms with Crippen molar-refractivity contribution >= 4 is 29.1 Å². The molecule has 3 rings (SSSR count). The Bertz CT molecular complexity index is 939. The van der Waals surface area contributed by atoms with E-state index in [1.54, 1.807) is 24.3 Å². The van der Waals surface area contributed by atoms with Crippen molar-refractivity contribution < 1.29 is 18.3 Å². The molecule has 3 aromatic rings. The van der Waals surface area contributed by atoms with Crippen LogP contribution in [0.1, 0.15) is 11.3 Å². The highest BCUT2D eigenvalue weighted by Gasteiger charge is 2.17. The minimum atomic E-state index is -0.735. The van der Waals surface area contributed by atoms with Gasteiger partial charge >= 0.3 is 0 Å². The van der Waals surface area contributed by atoms with Crippen LogP contribution in [-0.2, 0) is 11.3 Å². The molecular formula is C18H19ClF2N4O2. The highest BCUT2D eigenvalue weighted by atomic mass is 35.5. The number of halogens is 3. The highest BCUT2D eigenvalue weighted by Crippen LogP contribution is 2.24. The molecule has 2 aromatic carbocycles. The van der Waals surface area contributed by atoms with Crippen molar-refractivity contribution in [1.29, 1.82) is 5.41 Å². The van der Waals surface area contributed by atoms with Gasteiger partial charge in [-0.3, -0.25) is 10.1 Å². The quantitative estimate of drug-likeness (QED) is 0.365. The number of nitrogens with two attached hydrogens (primary N) is 1. The number of hydrogen-bond acceptors (Lipinski definition) is 4. The normalized spacial score (nSPS) is 10.6. The summed E-state index contributed by atoms with van der Waals surface area (Å²) in [5.74, 6) is -1.58. The van der Waals surface area contributed by atoms with Gasteiger partial charge < -0.3 is 15.2 Å². The van der Waals surface area contributed by atoms with E-state index >= 15 is 0 Å². The van der Waals surface area contributed by atoms with Gasteiger partial charge in [0.2, 0.25) is 0 Å². The number of nitrogens with one attached hydrogen (secondary N) is 1. The van der Waals surface area contributed by atoms with Gasteiger partial charge in [-0.15, -0.1) is 12.4 Å². The highest BCUT2D eigenvalue weighted by molar-refractivity contribution is 6.05. The van der Waals surface area contributed by atoms with E-state index in [-0.39, 0.29) is 48.4 Å². The van der Waals surface area contributed by atoms with Crippen LogP contribution in [0.15, 0.2) is 36.4 Å². The second-order valence-corrected chi connectivity index (χ2v) is 5.64. The third kappa shape index (κ3) is 4.35. The van der Waals surface area contributed by atoms with E-state index in [4.69, 9.17) is 20.6 Å². The van der Waals surface area contributed by atoms with Crippen molar-refractivity contribution in [3.8, 4) is 5.75 Å². The number of fused-ring (bicyclic) bond motifs is 1. The van der Waals surface area contributed by atoms with E-state index in [0.29, 0.717) is 17.5 Å². The number of para-hydroxylation sites is 1. The van der Waals surface area contributed by atoms with Crippen molar-refractivity contribution in [2.75, 3.05) is 20.3 Å². The van der Waals surface area contributed by atoms with E-state index < -0.39 is 11.6 Å². The molecule has 6 nitrogen and oxygen atoms in total. The molecule has 0 saturated heterocycles. The number of nitrogens with zero attached hydrogens (tertiary/aromatic N) is 2. The molecule has 0 fully saturated rings. The molecule has 27 heavy (non-hydrogen) atoms. The summed E-state index contributed by atoms with van der Waals surface area (Å²) in [5, 5.41) is 12.5. The minimum absolute atomic E-state index is 0. The Labute approximate surface area is 160 Å². The standard InChI is InChI=1S/C18H18F2N4O2.ClH/c1-25-6-7-26-11-8-14(19)13(15(20)9-11)10-24-16-5-3-2-4-12(16)17(23-24)18(21)22;/h2-5,8-9H,6-7,10H2,1H3,(H3,21,22);1H. The predicted octanol–water partition coefficient (Wildman–Crippen LogP) is 3.09. The number of rotatable bonds is 7. The molecule has 0 amide bonds. The topological polar surface area (TPSA) is 86.2 Å². The Kier molecular flexibility index (Phi) is 6.70. The van der Waals surface area contributed by atoms with Gasteiger partial charge in [-0.05, 0) is 6.07 Å². The summed E-state index contributed by atoms with van der Waals surface area (Å²) in [5.41, 5.74) is 6.33. The second kappa shape index (κ2) is 8.79. The van der Waals surface area contributed by atoms with Crippen LogP contribution in [0.5, 0.6) is 5.75 Å². The average molecular weight is 397 g/mol. The lowest BCUT2D eigenvalue weighted by Gasteiger charge is -2.10. The third-order valence-corrected chi connectivity index (χ3v) is 3.89. The van der Waals surface area contributed by atoms with Crippen LogP contribution >= 0.6 is 12.4 Å². The maximum Gasteiger partial charge on any atom is 0.144 e. The maximum atomic E-state index is 14.4. The fourth-order valence-corrected chi connectivity index (χ4v) is 2.65. The fourth-order valence-electron chi connectivity index (χ4n) is 2.65. The summed E-state index contributed by atoms with van der Waals surface area (Å²) in [7, 11) is 1.51. The van der Waals surface area contributed by atoms with Crippen molar-refractivity contribution in [1.82, 2.24) is 9.78 Å². The summed E-state index contributed by atoms with van der Waals surface area (Å²) in [6.07, 6.45) is 0. The van der Waals surface area contributed by atoms with Gasteiger partial charge in [0.25, 0.3) is 0 Å². The molecule has 0 aliphatic heterocycles. The zero-order chi connectivity index (χ0) is 18.7. The van der Waals surface area contributed by atoms with E-state index in [1.807, 2.05) is 0 Å². The number of methoxy groups -OCH3 is 1. The largest absolute Gasteiger partial charge is 0.491 e. The van der Waals surface area contributed by atoms with Crippen LogP contribution in [-0.4, -0.2) is 35.9 Å². The fraction of sp³-hybridized carbons (Fsp3) is 0.222. The van der Waals surface area contributed by atoms with E-state index in [1.165, 1.54) is 11.8 Å². The van der Waals surface area contributed by atoms with E-state index in [0.717, 1.165) is 12.1 Å². The Morgan fingerprint density at radius 1 is 1.19 bits per heavy atom. The minimum Gasteiger partial charge on any atom is -0.491 e. The number of benzene rings is 2. The molecule has 9 heteroatoms. The molecular weight excluding hydrogens is 378 g/mol. The number of nitrogen functional groups attached to an aromatic ring is 1. The number of amidine groups is 1. The van der Waals surface area contributed by atoms with Gasteiger partial charge in [0.15, 0.2) is 0 Å². The van der Waals surface area contributed by atoms with Gasteiger partial charge in [0.1, 0.15) is 35.5 Å². The molecule has 0 spiro atoms. The molecule has 0 aliphatic rings. The maximum absolute atomic E-state index is 14.4. The zero-order valence-electron chi connectivity index (χ0n) is 14.5.